The number of benzene rings is 1. The maximum atomic E-state index is 12.5. The second-order valence-corrected chi connectivity index (χ2v) is 4.69. The normalized spacial score (nSPS) is 10.1. The number of nitriles is 1. The van der Waals surface area contributed by atoms with Crippen LogP contribution in [0.3, 0.4) is 0 Å². The molecule has 0 saturated carbocycles. The number of hydrazine groups is 1. The predicted octanol–water partition coefficient (Wildman–Crippen LogP) is 2.04. The molecular weight excluding hydrogens is 240 g/mol. The van der Waals surface area contributed by atoms with E-state index in [1.54, 1.807) is 11.0 Å². The molecule has 0 aliphatic carbocycles. The van der Waals surface area contributed by atoms with Gasteiger partial charge < -0.3 is 10.3 Å². The summed E-state index contributed by atoms with van der Waals surface area (Å²) in [5.41, 5.74) is 4.71. The Morgan fingerprint density at radius 2 is 2.21 bits per heavy atom. The third-order valence-corrected chi connectivity index (χ3v) is 2.91. The first-order valence-electron chi connectivity index (χ1n) is 6.26. The predicted molar refractivity (Wildman–Crippen MR) is 75.4 cm³/mol. The maximum Gasteiger partial charge on any atom is 0.256 e. The monoisotopic (exact) mass is 260 g/mol. The zero-order chi connectivity index (χ0) is 14.4. The van der Waals surface area contributed by atoms with Crippen LogP contribution in [0.2, 0.25) is 0 Å². The third kappa shape index (κ3) is 3.70. The topological polar surface area (TPSA) is 82.2 Å². The van der Waals surface area contributed by atoms with Crippen LogP contribution in [-0.2, 0) is 0 Å². The van der Waals surface area contributed by atoms with Gasteiger partial charge in [-0.1, -0.05) is 6.07 Å². The van der Waals surface area contributed by atoms with E-state index in [0.29, 0.717) is 24.2 Å². The van der Waals surface area contributed by atoms with Crippen molar-refractivity contribution in [2.75, 3.05) is 12.0 Å². The average Bonchev–Trinajstić information content (AvgIpc) is 2.38. The van der Waals surface area contributed by atoms with Crippen LogP contribution in [0.1, 0.15) is 36.2 Å². The van der Waals surface area contributed by atoms with Gasteiger partial charge in [0.25, 0.3) is 5.91 Å². The number of hydrogen-bond donors (Lipinski definition) is 2. The summed E-state index contributed by atoms with van der Waals surface area (Å²) >= 11 is 0. The lowest BCUT2D eigenvalue weighted by molar-refractivity contribution is 0.0711. The van der Waals surface area contributed by atoms with Gasteiger partial charge in [-0.25, -0.2) is 0 Å². The molecule has 0 aromatic heterocycles. The van der Waals surface area contributed by atoms with Gasteiger partial charge in [-0.3, -0.25) is 10.6 Å². The summed E-state index contributed by atoms with van der Waals surface area (Å²) in [5, 5.41) is 8.67. The van der Waals surface area contributed by atoms with E-state index >= 15 is 0 Å². The largest absolute Gasteiger partial charge is 0.335 e. The molecule has 3 N–H and O–H groups in total. The van der Waals surface area contributed by atoms with Crippen LogP contribution in [0, 0.1) is 18.3 Å². The SMILES string of the molecule is Cc1ccc(C(=O)N(CCC#N)C(C)C)c(NN)c1. The van der Waals surface area contributed by atoms with E-state index in [9.17, 15) is 4.79 Å². The van der Waals surface area contributed by atoms with Gasteiger partial charge in [-0.2, -0.15) is 5.26 Å². The Hall–Kier alpha value is -2.06. The van der Waals surface area contributed by atoms with Gasteiger partial charge in [0.2, 0.25) is 0 Å². The second kappa shape index (κ2) is 6.76. The first-order valence-corrected chi connectivity index (χ1v) is 6.26. The molecule has 0 aliphatic rings. The number of nitrogens with one attached hydrogen (secondary N) is 1. The van der Waals surface area contributed by atoms with Crippen molar-refractivity contribution in [1.29, 1.82) is 5.26 Å². The first kappa shape index (κ1) is 15.0. The van der Waals surface area contributed by atoms with Gasteiger partial charge in [0.1, 0.15) is 0 Å². The van der Waals surface area contributed by atoms with E-state index in [2.05, 4.69) is 11.5 Å². The van der Waals surface area contributed by atoms with Crippen molar-refractivity contribution in [3.05, 3.63) is 29.3 Å². The van der Waals surface area contributed by atoms with Crippen LogP contribution in [0.25, 0.3) is 0 Å². The van der Waals surface area contributed by atoms with Gasteiger partial charge in [-0.05, 0) is 38.5 Å². The Kier molecular flexibility index (Phi) is 5.34. The van der Waals surface area contributed by atoms with Gasteiger partial charge >= 0.3 is 0 Å². The molecule has 0 aliphatic heterocycles. The Bertz CT molecular complexity index is 491. The number of nitrogen functional groups attached to an aromatic ring is 1. The second-order valence-electron chi connectivity index (χ2n) is 4.69. The lowest BCUT2D eigenvalue weighted by atomic mass is 10.1. The third-order valence-electron chi connectivity index (χ3n) is 2.91. The van der Waals surface area contributed by atoms with Crippen LogP contribution in [0.4, 0.5) is 5.69 Å². The summed E-state index contributed by atoms with van der Waals surface area (Å²) < 4.78 is 0. The van der Waals surface area contributed by atoms with Crippen molar-refractivity contribution in [3.8, 4) is 6.07 Å². The summed E-state index contributed by atoms with van der Waals surface area (Å²) in [5.74, 6) is 5.35. The lowest BCUT2D eigenvalue weighted by Gasteiger charge is -2.26. The number of carbonyl (C=O) groups excluding carboxylic acids is 1. The minimum absolute atomic E-state index is 0.0350. The summed E-state index contributed by atoms with van der Waals surface area (Å²) in [6.07, 6.45) is 0.321. The molecule has 0 atom stereocenters. The zero-order valence-corrected chi connectivity index (χ0v) is 11.6. The molecule has 0 heterocycles. The molecule has 0 saturated heterocycles. The number of carbonyl (C=O) groups is 1. The van der Waals surface area contributed by atoms with E-state index in [1.807, 2.05) is 32.9 Å². The van der Waals surface area contributed by atoms with Crippen LogP contribution in [-0.4, -0.2) is 23.4 Å². The number of anilines is 1. The summed E-state index contributed by atoms with van der Waals surface area (Å²) in [4.78, 5) is 14.2. The number of aryl methyl sites for hydroxylation is 1. The smallest absolute Gasteiger partial charge is 0.256 e. The number of nitrogens with two attached hydrogens (primary N) is 1. The summed E-state index contributed by atoms with van der Waals surface area (Å²) in [6, 6.07) is 7.56. The summed E-state index contributed by atoms with van der Waals surface area (Å²) in [7, 11) is 0. The molecule has 19 heavy (non-hydrogen) atoms. The molecule has 1 rings (SSSR count). The Morgan fingerprint density at radius 1 is 1.53 bits per heavy atom. The average molecular weight is 260 g/mol. The van der Waals surface area contributed by atoms with E-state index in [0.717, 1.165) is 5.56 Å². The van der Waals surface area contributed by atoms with Crippen molar-refractivity contribution < 1.29 is 4.79 Å². The van der Waals surface area contributed by atoms with Crippen molar-refractivity contribution >= 4 is 11.6 Å². The molecule has 1 amide bonds. The molecule has 0 unspecified atom stereocenters. The van der Waals surface area contributed by atoms with E-state index in [-0.39, 0.29) is 11.9 Å². The highest BCUT2D eigenvalue weighted by atomic mass is 16.2. The standard InChI is InChI=1S/C14H20N4O/c1-10(2)18(8-4-7-15)14(19)12-6-5-11(3)9-13(12)17-16/h5-6,9-10,17H,4,8,16H2,1-3H3. The van der Waals surface area contributed by atoms with Crippen LogP contribution in [0.5, 0.6) is 0 Å². The van der Waals surface area contributed by atoms with Crippen molar-refractivity contribution in [3.63, 3.8) is 0 Å². The van der Waals surface area contributed by atoms with Crippen LogP contribution in [0.15, 0.2) is 18.2 Å². The number of hydrogen-bond acceptors (Lipinski definition) is 4. The zero-order valence-electron chi connectivity index (χ0n) is 11.6. The minimum Gasteiger partial charge on any atom is -0.335 e. The van der Waals surface area contributed by atoms with Gasteiger partial charge in [0.15, 0.2) is 0 Å². The highest BCUT2D eigenvalue weighted by molar-refractivity contribution is 5.99. The molecule has 0 spiro atoms. The quantitative estimate of drug-likeness (QED) is 0.627. The fourth-order valence-corrected chi connectivity index (χ4v) is 1.88. The summed E-state index contributed by atoms with van der Waals surface area (Å²) in [6.45, 7) is 6.22. The van der Waals surface area contributed by atoms with Gasteiger partial charge in [-0.15, -0.1) is 0 Å². The number of nitrogens with zero attached hydrogens (tertiary/aromatic N) is 2. The minimum atomic E-state index is -0.113. The van der Waals surface area contributed by atoms with Crippen molar-refractivity contribution in [2.24, 2.45) is 5.84 Å². The molecule has 5 nitrogen and oxygen atoms in total. The Labute approximate surface area is 114 Å². The lowest BCUT2D eigenvalue weighted by Crippen LogP contribution is -2.38. The van der Waals surface area contributed by atoms with Gasteiger partial charge in [0, 0.05) is 12.6 Å². The fraction of sp³-hybridized carbons (Fsp3) is 0.429. The van der Waals surface area contributed by atoms with Crippen molar-refractivity contribution in [2.45, 2.75) is 33.2 Å². The molecule has 0 bridgehead atoms. The fourth-order valence-electron chi connectivity index (χ4n) is 1.88. The first-order chi connectivity index (χ1) is 9.01. The molecule has 1 aromatic carbocycles. The maximum absolute atomic E-state index is 12.5. The number of amides is 1. The molecule has 1 aromatic rings. The van der Waals surface area contributed by atoms with E-state index in [4.69, 9.17) is 11.1 Å². The number of rotatable bonds is 5. The van der Waals surface area contributed by atoms with E-state index in [1.165, 1.54) is 0 Å². The molecule has 0 fully saturated rings. The Balaban J connectivity index is 3.06. The highest BCUT2D eigenvalue weighted by Gasteiger charge is 2.20. The van der Waals surface area contributed by atoms with Crippen LogP contribution < -0.4 is 11.3 Å². The Morgan fingerprint density at radius 3 is 2.74 bits per heavy atom. The molecule has 0 radical (unpaired) electrons. The van der Waals surface area contributed by atoms with Crippen molar-refractivity contribution in [1.82, 2.24) is 4.90 Å². The van der Waals surface area contributed by atoms with E-state index < -0.39 is 0 Å². The van der Waals surface area contributed by atoms with Gasteiger partial charge in [0.05, 0.1) is 23.7 Å². The molecule has 102 valence electrons. The van der Waals surface area contributed by atoms with Crippen LogP contribution >= 0.6 is 0 Å². The molecular formula is C14H20N4O. The molecule has 5 heteroatoms. The highest BCUT2D eigenvalue weighted by Crippen LogP contribution is 2.19.